The second-order valence-corrected chi connectivity index (χ2v) is 4.85. The van der Waals surface area contributed by atoms with E-state index in [-0.39, 0.29) is 5.54 Å². The molecule has 0 radical (unpaired) electrons. The van der Waals surface area contributed by atoms with Gasteiger partial charge in [0.2, 0.25) is 0 Å². The Morgan fingerprint density at radius 1 is 1.50 bits per heavy atom. The summed E-state index contributed by atoms with van der Waals surface area (Å²) in [5.41, 5.74) is 9.72. The van der Waals surface area contributed by atoms with Gasteiger partial charge in [0.1, 0.15) is 0 Å². The van der Waals surface area contributed by atoms with Crippen molar-refractivity contribution in [2.45, 2.75) is 45.1 Å². The summed E-state index contributed by atoms with van der Waals surface area (Å²) >= 11 is 0. The van der Waals surface area contributed by atoms with Crippen LogP contribution >= 0.6 is 0 Å². The molecule has 0 saturated carbocycles. The van der Waals surface area contributed by atoms with Crippen LogP contribution in [0.4, 0.5) is 0 Å². The summed E-state index contributed by atoms with van der Waals surface area (Å²) in [7, 11) is 0. The number of pyridine rings is 1. The third kappa shape index (κ3) is 1.44. The Labute approximate surface area is 85.5 Å². The van der Waals surface area contributed by atoms with Crippen LogP contribution in [0.5, 0.6) is 0 Å². The second kappa shape index (κ2) is 3.06. The van der Waals surface area contributed by atoms with Crippen molar-refractivity contribution >= 4 is 0 Å². The first kappa shape index (κ1) is 9.66. The highest BCUT2D eigenvalue weighted by atomic mass is 14.8. The minimum Gasteiger partial charge on any atom is -0.320 e. The summed E-state index contributed by atoms with van der Waals surface area (Å²) in [4.78, 5) is 4.51. The zero-order valence-corrected chi connectivity index (χ0v) is 9.17. The van der Waals surface area contributed by atoms with Gasteiger partial charge in [0.15, 0.2) is 0 Å². The van der Waals surface area contributed by atoms with Gasteiger partial charge in [-0.05, 0) is 36.8 Å². The molecule has 0 spiro atoms. The SMILES string of the molecule is CC(C)c1cnc2c(c1)CCC2(C)N. The minimum atomic E-state index is -0.204. The Kier molecular flexibility index (Phi) is 2.11. The number of aryl methyl sites for hydroxylation is 1. The molecule has 2 rings (SSSR count). The van der Waals surface area contributed by atoms with Gasteiger partial charge in [-0.1, -0.05) is 19.9 Å². The second-order valence-electron chi connectivity index (χ2n) is 4.85. The lowest BCUT2D eigenvalue weighted by Crippen LogP contribution is -2.30. The summed E-state index contributed by atoms with van der Waals surface area (Å²) < 4.78 is 0. The van der Waals surface area contributed by atoms with Crippen molar-refractivity contribution in [3.8, 4) is 0 Å². The Hall–Kier alpha value is -0.890. The number of rotatable bonds is 1. The maximum absolute atomic E-state index is 6.15. The van der Waals surface area contributed by atoms with Gasteiger partial charge in [-0.2, -0.15) is 0 Å². The standard InChI is InChI=1S/C12H18N2/c1-8(2)10-6-9-4-5-12(3,13)11(9)14-7-10/h6-8H,4-5,13H2,1-3H3. The molecule has 0 amide bonds. The van der Waals surface area contributed by atoms with E-state index in [9.17, 15) is 0 Å². The largest absolute Gasteiger partial charge is 0.320 e. The number of nitrogens with two attached hydrogens (primary N) is 1. The Morgan fingerprint density at radius 2 is 2.21 bits per heavy atom. The lowest BCUT2D eigenvalue weighted by molar-refractivity contribution is 0.479. The monoisotopic (exact) mass is 190 g/mol. The van der Waals surface area contributed by atoms with Gasteiger partial charge in [-0.15, -0.1) is 0 Å². The fraction of sp³-hybridized carbons (Fsp3) is 0.583. The molecular weight excluding hydrogens is 172 g/mol. The Morgan fingerprint density at radius 3 is 2.86 bits per heavy atom. The lowest BCUT2D eigenvalue weighted by Gasteiger charge is -2.18. The van der Waals surface area contributed by atoms with Gasteiger partial charge in [-0.3, -0.25) is 4.98 Å². The highest BCUT2D eigenvalue weighted by Crippen LogP contribution is 2.33. The normalized spacial score (nSPS) is 25.5. The van der Waals surface area contributed by atoms with E-state index in [0.29, 0.717) is 5.92 Å². The van der Waals surface area contributed by atoms with Gasteiger partial charge >= 0.3 is 0 Å². The van der Waals surface area contributed by atoms with Crippen LogP contribution in [0.3, 0.4) is 0 Å². The van der Waals surface area contributed by atoms with Crippen LogP contribution < -0.4 is 5.73 Å². The zero-order chi connectivity index (χ0) is 10.3. The van der Waals surface area contributed by atoms with E-state index in [1.165, 1.54) is 11.1 Å². The number of fused-ring (bicyclic) bond motifs is 1. The van der Waals surface area contributed by atoms with E-state index in [1.54, 1.807) is 0 Å². The first-order valence-electron chi connectivity index (χ1n) is 5.29. The average Bonchev–Trinajstić information content (AvgIpc) is 2.42. The molecule has 1 aliphatic rings. The molecule has 2 N–H and O–H groups in total. The van der Waals surface area contributed by atoms with Crippen molar-refractivity contribution in [2.24, 2.45) is 5.73 Å². The van der Waals surface area contributed by atoms with Crippen molar-refractivity contribution in [1.29, 1.82) is 0 Å². The molecule has 76 valence electrons. The van der Waals surface area contributed by atoms with Gasteiger partial charge in [0, 0.05) is 6.20 Å². The predicted molar refractivity (Wildman–Crippen MR) is 58.2 cm³/mol. The number of hydrogen-bond acceptors (Lipinski definition) is 2. The molecule has 2 heteroatoms. The predicted octanol–water partition coefficient (Wildman–Crippen LogP) is 2.33. The number of hydrogen-bond donors (Lipinski definition) is 1. The van der Waals surface area contributed by atoms with Crippen molar-refractivity contribution in [1.82, 2.24) is 4.98 Å². The van der Waals surface area contributed by atoms with E-state index in [1.807, 2.05) is 6.20 Å². The maximum Gasteiger partial charge on any atom is 0.0631 e. The first-order valence-corrected chi connectivity index (χ1v) is 5.29. The van der Waals surface area contributed by atoms with E-state index in [4.69, 9.17) is 5.73 Å². The summed E-state index contributed by atoms with van der Waals surface area (Å²) in [5.74, 6) is 0.553. The summed E-state index contributed by atoms with van der Waals surface area (Å²) in [6, 6.07) is 2.27. The highest BCUT2D eigenvalue weighted by Gasteiger charge is 2.31. The third-order valence-corrected chi connectivity index (χ3v) is 3.11. The fourth-order valence-electron chi connectivity index (χ4n) is 2.06. The molecule has 0 saturated heterocycles. The van der Waals surface area contributed by atoms with Crippen LogP contribution in [0.15, 0.2) is 12.3 Å². The van der Waals surface area contributed by atoms with Crippen LogP contribution in [0.25, 0.3) is 0 Å². The molecule has 1 aliphatic carbocycles. The number of nitrogens with zero attached hydrogens (tertiary/aromatic N) is 1. The van der Waals surface area contributed by atoms with Gasteiger partial charge in [0.25, 0.3) is 0 Å². The molecule has 0 aromatic carbocycles. The van der Waals surface area contributed by atoms with E-state index < -0.39 is 0 Å². The quantitative estimate of drug-likeness (QED) is 0.738. The molecule has 2 nitrogen and oxygen atoms in total. The topological polar surface area (TPSA) is 38.9 Å². The molecule has 1 aromatic heterocycles. The molecule has 14 heavy (non-hydrogen) atoms. The van der Waals surface area contributed by atoms with Crippen LogP contribution in [0.2, 0.25) is 0 Å². The molecule has 1 atom stereocenters. The van der Waals surface area contributed by atoms with Crippen LogP contribution in [0.1, 0.15) is 49.9 Å². The Bertz CT molecular complexity index is 353. The third-order valence-electron chi connectivity index (χ3n) is 3.11. The van der Waals surface area contributed by atoms with Gasteiger partial charge < -0.3 is 5.73 Å². The molecule has 0 aliphatic heterocycles. The molecule has 1 aromatic rings. The minimum absolute atomic E-state index is 0.204. The maximum atomic E-state index is 6.15. The molecule has 0 fully saturated rings. The van der Waals surface area contributed by atoms with Gasteiger partial charge in [-0.25, -0.2) is 0 Å². The molecule has 1 unspecified atom stereocenters. The van der Waals surface area contributed by atoms with Crippen molar-refractivity contribution in [3.05, 3.63) is 29.1 Å². The number of aromatic nitrogens is 1. The van der Waals surface area contributed by atoms with Crippen molar-refractivity contribution < 1.29 is 0 Å². The van der Waals surface area contributed by atoms with Crippen LogP contribution in [0, 0.1) is 0 Å². The average molecular weight is 190 g/mol. The zero-order valence-electron chi connectivity index (χ0n) is 9.17. The summed E-state index contributed by atoms with van der Waals surface area (Å²) in [6.07, 6.45) is 4.08. The lowest BCUT2D eigenvalue weighted by atomic mass is 9.99. The van der Waals surface area contributed by atoms with E-state index in [2.05, 4.69) is 31.8 Å². The van der Waals surface area contributed by atoms with E-state index in [0.717, 1.165) is 18.5 Å². The van der Waals surface area contributed by atoms with Crippen molar-refractivity contribution in [3.63, 3.8) is 0 Å². The molecule has 1 heterocycles. The first-order chi connectivity index (χ1) is 6.50. The van der Waals surface area contributed by atoms with Crippen LogP contribution in [-0.4, -0.2) is 4.98 Å². The van der Waals surface area contributed by atoms with Crippen molar-refractivity contribution in [2.75, 3.05) is 0 Å². The highest BCUT2D eigenvalue weighted by molar-refractivity contribution is 5.35. The molecular formula is C12H18N2. The summed E-state index contributed by atoms with van der Waals surface area (Å²) in [6.45, 7) is 6.46. The molecule has 0 bridgehead atoms. The Balaban J connectivity index is 2.44. The van der Waals surface area contributed by atoms with Gasteiger partial charge in [0.05, 0.1) is 11.2 Å². The fourth-order valence-corrected chi connectivity index (χ4v) is 2.06. The van der Waals surface area contributed by atoms with Crippen LogP contribution in [-0.2, 0) is 12.0 Å². The smallest absolute Gasteiger partial charge is 0.0631 e. The van der Waals surface area contributed by atoms with E-state index >= 15 is 0 Å². The summed E-state index contributed by atoms with van der Waals surface area (Å²) in [5, 5.41) is 0.